The summed E-state index contributed by atoms with van der Waals surface area (Å²) < 4.78 is 52.5. The monoisotopic (exact) mass is 412 g/mol. The van der Waals surface area contributed by atoms with Crippen molar-refractivity contribution in [1.82, 2.24) is 0 Å². The molecule has 0 aliphatic rings. The van der Waals surface area contributed by atoms with Crippen molar-refractivity contribution in [3.05, 3.63) is 77.7 Å². The lowest BCUT2D eigenvalue weighted by atomic mass is 10.1. The lowest BCUT2D eigenvalue weighted by molar-refractivity contribution is 0.600. The largest absolute Gasteiger partial charge is 0.279 e. The molecular formula is C20H16N2O4S2. The summed E-state index contributed by atoms with van der Waals surface area (Å²) in [6, 6.07) is 17.9. The normalized spacial score (nSPS) is 12.1. The highest BCUT2D eigenvalue weighted by Gasteiger charge is 2.18. The molecule has 142 valence electrons. The van der Waals surface area contributed by atoms with E-state index in [0.717, 1.165) is 22.3 Å². The molecule has 0 unspecified atom stereocenters. The molecule has 0 radical (unpaired) electrons. The molecule has 1 N–H and O–H groups in total. The van der Waals surface area contributed by atoms with Crippen molar-refractivity contribution in [3.63, 3.8) is 0 Å². The van der Waals surface area contributed by atoms with E-state index >= 15 is 0 Å². The molecule has 0 bridgehead atoms. The highest BCUT2D eigenvalue weighted by molar-refractivity contribution is 7.94. The first-order valence-corrected chi connectivity index (χ1v) is 11.2. The zero-order valence-corrected chi connectivity index (χ0v) is 16.5. The van der Waals surface area contributed by atoms with E-state index in [0.29, 0.717) is 5.56 Å². The third-order valence-corrected chi connectivity index (χ3v) is 6.90. The van der Waals surface area contributed by atoms with Crippen LogP contribution in [0.5, 0.6) is 0 Å². The summed E-state index contributed by atoms with van der Waals surface area (Å²) in [6.45, 7) is 1.67. The first kappa shape index (κ1) is 19.6. The molecule has 3 aromatic rings. The van der Waals surface area contributed by atoms with Crippen molar-refractivity contribution in [3.8, 4) is 6.07 Å². The average Bonchev–Trinajstić information content (AvgIpc) is 2.67. The van der Waals surface area contributed by atoms with E-state index in [1.807, 2.05) is 24.3 Å². The lowest BCUT2D eigenvalue weighted by Crippen LogP contribution is -2.14. The van der Waals surface area contributed by atoms with E-state index < -0.39 is 19.9 Å². The molecule has 0 heterocycles. The molecule has 0 aliphatic heterocycles. The molecule has 0 aromatic heterocycles. The molecule has 28 heavy (non-hydrogen) atoms. The molecule has 0 saturated heterocycles. The molecule has 3 aromatic carbocycles. The van der Waals surface area contributed by atoms with Gasteiger partial charge in [0.1, 0.15) is 0 Å². The summed E-state index contributed by atoms with van der Waals surface area (Å²) in [5.41, 5.74) is 0.715. The van der Waals surface area contributed by atoms with Crippen molar-refractivity contribution in [2.45, 2.75) is 16.7 Å². The van der Waals surface area contributed by atoms with Gasteiger partial charge in [0.2, 0.25) is 9.84 Å². The number of sulfonamides is 1. The van der Waals surface area contributed by atoms with E-state index in [1.54, 1.807) is 25.1 Å². The second kappa shape index (κ2) is 7.46. The Bertz CT molecular complexity index is 1340. The number of benzene rings is 3. The maximum atomic E-state index is 12.8. The number of allylic oxidation sites excluding steroid dienone is 1. The van der Waals surface area contributed by atoms with Crippen LogP contribution >= 0.6 is 0 Å². The Morgan fingerprint density at radius 3 is 2.29 bits per heavy atom. The second-order valence-corrected chi connectivity index (χ2v) is 9.58. The van der Waals surface area contributed by atoms with Crippen molar-refractivity contribution in [1.29, 1.82) is 5.26 Å². The average molecular weight is 412 g/mol. The van der Waals surface area contributed by atoms with Gasteiger partial charge in [-0.25, -0.2) is 16.8 Å². The highest BCUT2D eigenvalue weighted by Crippen LogP contribution is 2.26. The van der Waals surface area contributed by atoms with Gasteiger partial charge in [-0.3, -0.25) is 4.72 Å². The van der Waals surface area contributed by atoms with Crippen LogP contribution in [0.15, 0.2) is 81.9 Å². The molecule has 0 spiro atoms. The number of hydrogen-bond acceptors (Lipinski definition) is 5. The summed E-state index contributed by atoms with van der Waals surface area (Å²) in [6.07, 6.45) is 0.855. The van der Waals surface area contributed by atoms with Crippen LogP contribution in [-0.4, -0.2) is 16.8 Å². The molecule has 0 aliphatic carbocycles. The van der Waals surface area contributed by atoms with Gasteiger partial charge in [-0.05, 0) is 47.5 Å². The van der Waals surface area contributed by atoms with Gasteiger partial charge in [0.25, 0.3) is 10.0 Å². The number of rotatable bonds is 5. The van der Waals surface area contributed by atoms with Crippen LogP contribution in [0.3, 0.4) is 0 Å². The van der Waals surface area contributed by atoms with Crippen molar-refractivity contribution in [2.24, 2.45) is 0 Å². The summed E-state index contributed by atoms with van der Waals surface area (Å²) in [4.78, 5) is -0.0379. The van der Waals surface area contributed by atoms with Crippen LogP contribution in [0.25, 0.3) is 10.8 Å². The lowest BCUT2D eigenvalue weighted by Gasteiger charge is -2.12. The molecule has 0 atom stereocenters. The second-order valence-electron chi connectivity index (χ2n) is 6.07. The highest BCUT2D eigenvalue weighted by atomic mass is 32.2. The van der Waals surface area contributed by atoms with Gasteiger partial charge in [0.05, 0.1) is 21.5 Å². The molecule has 8 heteroatoms. The van der Waals surface area contributed by atoms with Crippen LogP contribution in [0.1, 0.15) is 5.56 Å². The van der Waals surface area contributed by atoms with Gasteiger partial charge in [-0.2, -0.15) is 5.26 Å². The van der Waals surface area contributed by atoms with Crippen molar-refractivity contribution >= 4 is 36.3 Å². The minimum absolute atomic E-state index is 0.0724. The van der Waals surface area contributed by atoms with Crippen LogP contribution in [0.4, 0.5) is 5.69 Å². The fraction of sp³-hybridized carbons (Fsp3) is 0.0500. The minimum Gasteiger partial charge on any atom is -0.279 e. The Kier molecular flexibility index (Phi) is 5.23. The van der Waals surface area contributed by atoms with Crippen LogP contribution in [0.2, 0.25) is 0 Å². The number of hydrogen-bond donors (Lipinski definition) is 1. The molecule has 0 saturated carbocycles. The van der Waals surface area contributed by atoms with Gasteiger partial charge in [0.15, 0.2) is 0 Å². The number of nitriles is 1. The van der Waals surface area contributed by atoms with Crippen molar-refractivity contribution in [2.75, 3.05) is 4.72 Å². The van der Waals surface area contributed by atoms with E-state index in [1.165, 1.54) is 24.3 Å². The van der Waals surface area contributed by atoms with Gasteiger partial charge < -0.3 is 0 Å². The van der Waals surface area contributed by atoms with Crippen LogP contribution in [-0.2, 0) is 19.9 Å². The molecule has 0 amide bonds. The number of sulfone groups is 1. The fourth-order valence-corrected chi connectivity index (χ4v) is 4.72. The van der Waals surface area contributed by atoms with Gasteiger partial charge >= 0.3 is 0 Å². The number of nitrogens with one attached hydrogen (secondary N) is 1. The van der Waals surface area contributed by atoms with E-state index in [9.17, 15) is 16.8 Å². The van der Waals surface area contributed by atoms with Crippen molar-refractivity contribution < 1.29 is 16.8 Å². The Morgan fingerprint density at radius 2 is 1.57 bits per heavy atom. The summed E-state index contributed by atoms with van der Waals surface area (Å²) >= 11 is 0. The maximum Gasteiger partial charge on any atom is 0.261 e. The quantitative estimate of drug-likeness (QED) is 0.643. The number of aryl methyl sites for hydroxylation is 1. The smallest absolute Gasteiger partial charge is 0.261 e. The maximum absolute atomic E-state index is 12.8. The van der Waals surface area contributed by atoms with Gasteiger partial charge in [0, 0.05) is 11.5 Å². The van der Waals surface area contributed by atoms with E-state index in [2.05, 4.69) is 4.72 Å². The molecule has 0 fully saturated rings. The predicted molar refractivity (Wildman–Crippen MR) is 108 cm³/mol. The Balaban J connectivity index is 2.01. The topological polar surface area (TPSA) is 104 Å². The fourth-order valence-electron chi connectivity index (χ4n) is 2.62. The molecule has 6 nitrogen and oxygen atoms in total. The third kappa shape index (κ3) is 4.06. The Hall–Kier alpha value is -3.15. The summed E-state index contributed by atoms with van der Waals surface area (Å²) in [5.74, 6) is 0. The minimum atomic E-state index is -3.92. The first-order valence-electron chi connectivity index (χ1n) is 8.16. The SMILES string of the molecule is Cc1ccc(S(=O)(=O)C=CC#N)cc1NS(=O)(=O)c1ccc2ccccc2c1. The first-order chi connectivity index (χ1) is 13.2. The van der Waals surface area contributed by atoms with Crippen LogP contribution < -0.4 is 4.72 Å². The van der Waals surface area contributed by atoms with E-state index in [-0.39, 0.29) is 15.5 Å². The molecular weight excluding hydrogens is 396 g/mol. The third-order valence-electron chi connectivity index (χ3n) is 4.13. The number of nitrogens with zero attached hydrogens (tertiary/aromatic N) is 1. The van der Waals surface area contributed by atoms with Gasteiger partial charge in [-0.15, -0.1) is 0 Å². The zero-order valence-electron chi connectivity index (χ0n) is 14.8. The molecule has 3 rings (SSSR count). The van der Waals surface area contributed by atoms with Crippen LogP contribution in [0, 0.1) is 18.3 Å². The Labute approximate surface area is 163 Å². The number of anilines is 1. The standard InChI is InChI=1S/C20H16N2O4S2/c1-15-7-9-18(27(23,24)12-4-11-21)14-20(15)22-28(25,26)19-10-8-16-5-2-3-6-17(16)13-19/h2-10,12-14,22H,1H3. The Morgan fingerprint density at radius 1 is 0.893 bits per heavy atom. The van der Waals surface area contributed by atoms with E-state index in [4.69, 9.17) is 5.26 Å². The number of fused-ring (bicyclic) bond motifs is 1. The zero-order chi connectivity index (χ0) is 20.4. The summed E-state index contributed by atoms with van der Waals surface area (Å²) in [5, 5.41) is 11.0. The van der Waals surface area contributed by atoms with Gasteiger partial charge in [-0.1, -0.05) is 36.4 Å². The predicted octanol–water partition coefficient (Wildman–Crippen LogP) is 3.76. The summed E-state index contributed by atoms with van der Waals surface area (Å²) in [7, 11) is -7.77.